The maximum absolute atomic E-state index is 11.3. The monoisotopic (exact) mass is 220 g/mol. The molecule has 4 nitrogen and oxygen atoms in total. The molecule has 4 heteroatoms. The molecule has 1 atom stereocenters. The van der Waals surface area contributed by atoms with Crippen LogP contribution in [0.4, 0.5) is 0 Å². The number of nitrogens with zero attached hydrogens (tertiary/aromatic N) is 1. The first kappa shape index (κ1) is 11.2. The zero-order chi connectivity index (χ0) is 11.4. The van der Waals surface area contributed by atoms with Crippen LogP contribution in [0.15, 0.2) is 0 Å². The van der Waals surface area contributed by atoms with E-state index in [1.54, 1.807) is 0 Å². The van der Waals surface area contributed by atoms with Gasteiger partial charge in [-0.1, -0.05) is 11.8 Å². The molecule has 0 unspecified atom stereocenters. The Bertz CT molecular complexity index is 332. The van der Waals surface area contributed by atoms with Gasteiger partial charge in [0.05, 0.1) is 12.6 Å². The molecule has 2 saturated heterocycles. The Balaban J connectivity index is 1.84. The number of amides is 2. The highest BCUT2D eigenvalue weighted by Crippen LogP contribution is 2.10. The van der Waals surface area contributed by atoms with Crippen molar-refractivity contribution in [3.05, 3.63) is 0 Å². The summed E-state index contributed by atoms with van der Waals surface area (Å²) in [7, 11) is 0. The van der Waals surface area contributed by atoms with Gasteiger partial charge in [0, 0.05) is 12.8 Å². The van der Waals surface area contributed by atoms with Crippen molar-refractivity contribution in [2.24, 2.45) is 0 Å². The highest BCUT2D eigenvalue weighted by molar-refractivity contribution is 6.02. The fourth-order valence-electron chi connectivity index (χ4n) is 2.02. The summed E-state index contributed by atoms with van der Waals surface area (Å²) >= 11 is 0. The van der Waals surface area contributed by atoms with Gasteiger partial charge in [-0.2, -0.15) is 0 Å². The molecule has 2 rings (SSSR count). The third-order valence-electron chi connectivity index (χ3n) is 2.98. The van der Waals surface area contributed by atoms with E-state index in [9.17, 15) is 9.59 Å². The average Bonchev–Trinajstić information content (AvgIpc) is 2.62. The van der Waals surface area contributed by atoms with Gasteiger partial charge in [0.15, 0.2) is 0 Å². The summed E-state index contributed by atoms with van der Waals surface area (Å²) < 4.78 is 0. The molecule has 86 valence electrons. The lowest BCUT2D eigenvalue weighted by Crippen LogP contribution is -2.33. The van der Waals surface area contributed by atoms with Gasteiger partial charge in [-0.15, -0.1) is 0 Å². The average molecular weight is 220 g/mol. The van der Waals surface area contributed by atoms with E-state index in [0.29, 0.717) is 12.8 Å². The van der Waals surface area contributed by atoms with Gasteiger partial charge in [-0.25, -0.2) is 0 Å². The number of hydrogen-bond acceptors (Lipinski definition) is 3. The minimum absolute atomic E-state index is 0.0871. The van der Waals surface area contributed by atoms with Crippen LogP contribution in [-0.4, -0.2) is 35.8 Å². The molecule has 2 aliphatic rings. The third-order valence-corrected chi connectivity index (χ3v) is 2.98. The Hall–Kier alpha value is -1.34. The number of imide groups is 1. The first-order chi connectivity index (χ1) is 7.77. The second-order valence-corrected chi connectivity index (χ2v) is 4.20. The Kier molecular flexibility index (Phi) is 3.58. The number of likely N-dealkylation sites (tertiary alicyclic amines) is 1. The SMILES string of the molecule is O=C1CCC(=O)N1CC#C[C@@H]1CCCCN1. The second kappa shape index (κ2) is 5.13. The van der Waals surface area contributed by atoms with Crippen molar-refractivity contribution < 1.29 is 9.59 Å². The molecule has 2 amide bonds. The lowest BCUT2D eigenvalue weighted by atomic mass is 10.1. The highest BCUT2D eigenvalue weighted by Gasteiger charge is 2.27. The molecule has 2 heterocycles. The van der Waals surface area contributed by atoms with Crippen molar-refractivity contribution in [1.82, 2.24) is 10.2 Å². The lowest BCUT2D eigenvalue weighted by Gasteiger charge is -2.18. The van der Waals surface area contributed by atoms with Gasteiger partial charge in [-0.05, 0) is 25.8 Å². The van der Waals surface area contributed by atoms with Crippen LogP contribution in [0.25, 0.3) is 0 Å². The van der Waals surface area contributed by atoms with E-state index >= 15 is 0 Å². The van der Waals surface area contributed by atoms with Crippen molar-refractivity contribution in [3.63, 3.8) is 0 Å². The molecular formula is C12H16N2O2. The van der Waals surface area contributed by atoms with E-state index in [2.05, 4.69) is 17.2 Å². The first-order valence-corrected chi connectivity index (χ1v) is 5.82. The quantitative estimate of drug-likeness (QED) is 0.510. The molecular weight excluding hydrogens is 204 g/mol. The van der Waals surface area contributed by atoms with Gasteiger partial charge in [0.1, 0.15) is 0 Å². The summed E-state index contributed by atoms with van der Waals surface area (Å²) in [4.78, 5) is 23.8. The van der Waals surface area contributed by atoms with Gasteiger partial charge in [0.2, 0.25) is 11.8 Å². The smallest absolute Gasteiger partial charge is 0.230 e. The molecule has 0 bridgehead atoms. The van der Waals surface area contributed by atoms with Crippen LogP contribution in [0.3, 0.4) is 0 Å². The highest BCUT2D eigenvalue weighted by atomic mass is 16.2. The summed E-state index contributed by atoms with van der Waals surface area (Å²) in [5.41, 5.74) is 0. The predicted octanol–water partition coefficient (Wildman–Crippen LogP) is 0.281. The summed E-state index contributed by atoms with van der Waals surface area (Å²) in [5.74, 6) is 5.84. The molecule has 0 spiro atoms. The Labute approximate surface area is 95.4 Å². The van der Waals surface area contributed by atoms with Crippen LogP contribution >= 0.6 is 0 Å². The van der Waals surface area contributed by atoms with Crippen molar-refractivity contribution in [3.8, 4) is 11.8 Å². The van der Waals surface area contributed by atoms with Crippen LogP contribution < -0.4 is 5.32 Å². The molecule has 16 heavy (non-hydrogen) atoms. The molecule has 0 aromatic carbocycles. The fraction of sp³-hybridized carbons (Fsp3) is 0.667. The Morgan fingerprint density at radius 3 is 2.62 bits per heavy atom. The predicted molar refractivity (Wildman–Crippen MR) is 59.4 cm³/mol. The topological polar surface area (TPSA) is 49.4 Å². The van der Waals surface area contributed by atoms with Gasteiger partial charge in [-0.3, -0.25) is 14.5 Å². The van der Waals surface area contributed by atoms with Gasteiger partial charge < -0.3 is 5.32 Å². The Morgan fingerprint density at radius 1 is 1.25 bits per heavy atom. The molecule has 0 saturated carbocycles. The Morgan fingerprint density at radius 2 is 2.00 bits per heavy atom. The van der Waals surface area contributed by atoms with E-state index in [-0.39, 0.29) is 24.4 Å². The van der Waals surface area contributed by atoms with E-state index in [1.165, 1.54) is 17.7 Å². The largest absolute Gasteiger partial charge is 0.304 e. The second-order valence-electron chi connectivity index (χ2n) is 4.20. The van der Waals surface area contributed by atoms with Crippen LogP contribution in [0.2, 0.25) is 0 Å². The van der Waals surface area contributed by atoms with Crippen molar-refractivity contribution in [2.75, 3.05) is 13.1 Å². The molecule has 0 radical (unpaired) electrons. The first-order valence-electron chi connectivity index (χ1n) is 5.82. The number of nitrogens with one attached hydrogen (secondary N) is 1. The maximum atomic E-state index is 11.3. The minimum atomic E-state index is -0.0871. The molecule has 2 fully saturated rings. The minimum Gasteiger partial charge on any atom is -0.304 e. The normalized spacial score (nSPS) is 25.5. The lowest BCUT2D eigenvalue weighted by molar-refractivity contribution is -0.137. The van der Waals surface area contributed by atoms with E-state index in [0.717, 1.165) is 13.0 Å². The molecule has 0 aliphatic carbocycles. The maximum Gasteiger partial charge on any atom is 0.230 e. The van der Waals surface area contributed by atoms with Crippen molar-refractivity contribution in [1.29, 1.82) is 0 Å². The number of carbonyl (C=O) groups excluding carboxylic acids is 2. The zero-order valence-electron chi connectivity index (χ0n) is 9.29. The number of hydrogen-bond donors (Lipinski definition) is 1. The molecule has 2 aliphatic heterocycles. The molecule has 1 N–H and O–H groups in total. The van der Waals surface area contributed by atoms with E-state index < -0.39 is 0 Å². The molecule has 0 aromatic heterocycles. The third kappa shape index (κ3) is 2.61. The summed E-state index contributed by atoms with van der Waals surface area (Å²) in [6.45, 7) is 1.27. The van der Waals surface area contributed by atoms with E-state index in [1.807, 2.05) is 0 Å². The van der Waals surface area contributed by atoms with Gasteiger partial charge >= 0.3 is 0 Å². The zero-order valence-corrected chi connectivity index (χ0v) is 9.29. The number of carbonyl (C=O) groups is 2. The van der Waals surface area contributed by atoms with Crippen molar-refractivity contribution in [2.45, 2.75) is 38.1 Å². The summed E-state index contributed by atoms with van der Waals surface area (Å²) in [5, 5.41) is 3.30. The van der Waals surface area contributed by atoms with Gasteiger partial charge in [0.25, 0.3) is 0 Å². The van der Waals surface area contributed by atoms with Crippen LogP contribution in [-0.2, 0) is 9.59 Å². The number of rotatable bonds is 1. The van der Waals surface area contributed by atoms with Crippen LogP contribution in [0, 0.1) is 11.8 Å². The summed E-state index contributed by atoms with van der Waals surface area (Å²) in [6, 6.07) is 0.238. The van der Waals surface area contributed by atoms with Crippen molar-refractivity contribution >= 4 is 11.8 Å². The fourth-order valence-corrected chi connectivity index (χ4v) is 2.02. The number of piperidine rings is 1. The van der Waals surface area contributed by atoms with Crippen LogP contribution in [0.1, 0.15) is 32.1 Å². The standard InChI is InChI=1S/C12H16N2O2/c15-11-6-7-12(16)14(11)9-3-5-10-4-1-2-8-13-10/h10,13H,1-2,4,6-9H2/t10-/m0/s1. The summed E-state index contributed by atoms with van der Waals surface area (Å²) in [6.07, 6.45) is 4.18. The molecule has 0 aromatic rings. The van der Waals surface area contributed by atoms with Crippen LogP contribution in [0.5, 0.6) is 0 Å². The van der Waals surface area contributed by atoms with E-state index in [4.69, 9.17) is 0 Å².